The molecule has 0 saturated heterocycles. The number of nitrogens with zero attached hydrogens (tertiary/aromatic N) is 3. The molecule has 0 saturated carbocycles. The summed E-state index contributed by atoms with van der Waals surface area (Å²) in [5.41, 5.74) is 2.57. The monoisotopic (exact) mass is 306 g/mol. The summed E-state index contributed by atoms with van der Waals surface area (Å²) in [6.07, 6.45) is 0.763. The molecule has 0 aliphatic carbocycles. The maximum Gasteiger partial charge on any atom is 0.124 e. The number of aryl methyl sites for hydroxylation is 2. The molecule has 1 aromatic heterocycles. The molecule has 2 aromatic rings. The van der Waals surface area contributed by atoms with Crippen LogP contribution in [-0.2, 0) is 19.5 Å². The van der Waals surface area contributed by atoms with Crippen LogP contribution in [0.25, 0.3) is 0 Å². The first-order chi connectivity index (χ1) is 10.1. The van der Waals surface area contributed by atoms with Gasteiger partial charge in [0.05, 0.1) is 34.2 Å². The maximum absolute atomic E-state index is 13.1. The van der Waals surface area contributed by atoms with E-state index in [4.69, 9.17) is 16.9 Å². The highest BCUT2D eigenvalue weighted by Crippen LogP contribution is 2.24. The van der Waals surface area contributed by atoms with Gasteiger partial charge < -0.3 is 5.32 Å². The van der Waals surface area contributed by atoms with E-state index in [0.29, 0.717) is 23.8 Å². The number of halogens is 2. The highest BCUT2D eigenvalue weighted by molar-refractivity contribution is 6.31. The van der Waals surface area contributed by atoms with E-state index >= 15 is 0 Å². The Morgan fingerprint density at radius 2 is 2.19 bits per heavy atom. The lowest BCUT2D eigenvalue weighted by Crippen LogP contribution is -2.09. The summed E-state index contributed by atoms with van der Waals surface area (Å²) in [5.74, 6) is -0.429. The second-order valence-corrected chi connectivity index (χ2v) is 4.91. The van der Waals surface area contributed by atoms with Gasteiger partial charge in [0, 0.05) is 6.54 Å². The van der Waals surface area contributed by atoms with Gasteiger partial charge in [0.15, 0.2) is 0 Å². The molecule has 4 nitrogen and oxygen atoms in total. The Morgan fingerprint density at radius 1 is 1.43 bits per heavy atom. The minimum Gasteiger partial charge on any atom is -0.378 e. The van der Waals surface area contributed by atoms with Crippen LogP contribution in [0.15, 0.2) is 18.2 Å². The van der Waals surface area contributed by atoms with Gasteiger partial charge in [0.25, 0.3) is 0 Å². The van der Waals surface area contributed by atoms with Crippen LogP contribution >= 0.6 is 11.6 Å². The van der Waals surface area contributed by atoms with Gasteiger partial charge in [-0.25, -0.2) is 4.39 Å². The summed E-state index contributed by atoms with van der Waals surface area (Å²) < 4.78 is 15.0. The molecule has 0 bridgehead atoms. The first-order valence-electron chi connectivity index (χ1n) is 6.78. The number of anilines is 1. The van der Waals surface area contributed by atoms with Crippen molar-refractivity contribution in [1.29, 1.82) is 5.26 Å². The molecule has 0 aliphatic rings. The number of rotatable bonds is 5. The summed E-state index contributed by atoms with van der Waals surface area (Å²) in [5, 5.41) is 17.2. The number of hydrogen-bond donors (Lipinski definition) is 1. The topological polar surface area (TPSA) is 53.6 Å². The number of benzene rings is 1. The quantitative estimate of drug-likeness (QED) is 0.915. The average Bonchev–Trinajstić information content (AvgIpc) is 2.81. The Kier molecular flexibility index (Phi) is 4.81. The summed E-state index contributed by atoms with van der Waals surface area (Å²) >= 11 is 6.33. The van der Waals surface area contributed by atoms with Crippen molar-refractivity contribution in [3.05, 3.63) is 46.0 Å². The summed E-state index contributed by atoms with van der Waals surface area (Å²) in [4.78, 5) is 0. The lowest BCUT2D eigenvalue weighted by Gasteiger charge is -2.10. The van der Waals surface area contributed by atoms with Crippen molar-refractivity contribution in [2.75, 3.05) is 5.32 Å². The smallest absolute Gasteiger partial charge is 0.124 e. The van der Waals surface area contributed by atoms with Crippen molar-refractivity contribution in [3.8, 4) is 6.07 Å². The fourth-order valence-electron chi connectivity index (χ4n) is 2.13. The second kappa shape index (κ2) is 6.59. The molecule has 1 N–H and O–H groups in total. The van der Waals surface area contributed by atoms with Crippen molar-refractivity contribution >= 4 is 17.3 Å². The first-order valence-corrected chi connectivity index (χ1v) is 7.16. The van der Waals surface area contributed by atoms with Crippen molar-refractivity contribution in [2.45, 2.75) is 33.4 Å². The molecule has 0 amide bonds. The second-order valence-electron chi connectivity index (χ2n) is 4.53. The lowest BCUT2D eigenvalue weighted by atomic mass is 10.2. The van der Waals surface area contributed by atoms with E-state index in [1.54, 1.807) is 6.07 Å². The van der Waals surface area contributed by atoms with Gasteiger partial charge in [-0.15, -0.1) is 0 Å². The van der Waals surface area contributed by atoms with Crippen LogP contribution in [0.1, 0.15) is 30.8 Å². The van der Waals surface area contributed by atoms with Gasteiger partial charge in [0.1, 0.15) is 11.9 Å². The van der Waals surface area contributed by atoms with E-state index in [-0.39, 0.29) is 5.56 Å². The van der Waals surface area contributed by atoms with E-state index in [9.17, 15) is 4.39 Å². The van der Waals surface area contributed by atoms with Crippen LogP contribution in [0.5, 0.6) is 0 Å². The molecule has 0 unspecified atom stereocenters. The molecule has 1 heterocycles. The summed E-state index contributed by atoms with van der Waals surface area (Å²) in [6, 6.07) is 6.05. The van der Waals surface area contributed by atoms with E-state index in [0.717, 1.165) is 17.8 Å². The Hall–Kier alpha value is -2.06. The SMILES string of the molecule is CCc1nn(CC)c(CNc2ccc(F)cc2C#N)c1Cl. The van der Waals surface area contributed by atoms with Gasteiger partial charge >= 0.3 is 0 Å². The van der Waals surface area contributed by atoms with Gasteiger partial charge in [-0.2, -0.15) is 10.4 Å². The average molecular weight is 307 g/mol. The molecule has 0 radical (unpaired) electrons. The van der Waals surface area contributed by atoms with Crippen molar-refractivity contribution in [2.24, 2.45) is 0 Å². The Labute approximate surface area is 128 Å². The highest BCUT2D eigenvalue weighted by atomic mass is 35.5. The third-order valence-electron chi connectivity index (χ3n) is 3.24. The zero-order valence-electron chi connectivity index (χ0n) is 12.0. The number of nitrogens with one attached hydrogen (secondary N) is 1. The molecule has 2 rings (SSSR count). The minimum absolute atomic E-state index is 0.268. The van der Waals surface area contributed by atoms with Crippen LogP contribution in [0.2, 0.25) is 5.02 Å². The Morgan fingerprint density at radius 3 is 2.81 bits per heavy atom. The standard InChI is InChI=1S/C15H16ClFN4/c1-3-12-15(16)14(21(4-2)20-12)9-19-13-6-5-11(17)7-10(13)8-18/h5-7,19H,3-4,9H2,1-2H3. The van der Waals surface area contributed by atoms with Gasteiger partial charge in [-0.05, 0) is 31.5 Å². The summed E-state index contributed by atoms with van der Waals surface area (Å²) in [7, 11) is 0. The third-order valence-corrected chi connectivity index (χ3v) is 3.68. The van der Waals surface area contributed by atoms with Crippen LogP contribution in [-0.4, -0.2) is 9.78 Å². The molecular formula is C15H16ClFN4. The molecule has 110 valence electrons. The van der Waals surface area contributed by atoms with E-state index in [2.05, 4.69) is 10.4 Å². The molecule has 0 atom stereocenters. The largest absolute Gasteiger partial charge is 0.378 e. The fourth-order valence-corrected chi connectivity index (χ4v) is 2.46. The Balaban J connectivity index is 2.25. The molecule has 1 aromatic carbocycles. The molecule has 21 heavy (non-hydrogen) atoms. The highest BCUT2D eigenvalue weighted by Gasteiger charge is 2.14. The lowest BCUT2D eigenvalue weighted by molar-refractivity contribution is 0.619. The van der Waals surface area contributed by atoms with Gasteiger partial charge in [-0.3, -0.25) is 4.68 Å². The molecule has 0 spiro atoms. The number of hydrogen-bond acceptors (Lipinski definition) is 3. The van der Waals surface area contributed by atoms with Crippen LogP contribution in [0, 0.1) is 17.1 Å². The zero-order chi connectivity index (χ0) is 15.4. The van der Waals surface area contributed by atoms with Crippen LogP contribution in [0.4, 0.5) is 10.1 Å². The third kappa shape index (κ3) is 3.17. The minimum atomic E-state index is -0.429. The Bertz CT molecular complexity index is 688. The normalized spacial score (nSPS) is 10.4. The van der Waals surface area contributed by atoms with Crippen LogP contribution in [0.3, 0.4) is 0 Å². The summed E-state index contributed by atoms with van der Waals surface area (Å²) in [6.45, 7) is 5.13. The first kappa shape index (κ1) is 15.3. The predicted octanol–water partition coefficient (Wildman–Crippen LogP) is 3.74. The van der Waals surface area contributed by atoms with Gasteiger partial charge in [0.2, 0.25) is 0 Å². The van der Waals surface area contributed by atoms with E-state index < -0.39 is 5.82 Å². The maximum atomic E-state index is 13.1. The van der Waals surface area contributed by atoms with Crippen molar-refractivity contribution < 1.29 is 4.39 Å². The van der Waals surface area contributed by atoms with Gasteiger partial charge in [-0.1, -0.05) is 18.5 Å². The molecular weight excluding hydrogens is 291 g/mol. The zero-order valence-corrected chi connectivity index (χ0v) is 12.7. The van der Waals surface area contributed by atoms with Crippen molar-refractivity contribution in [3.63, 3.8) is 0 Å². The molecule has 6 heteroatoms. The molecule has 0 aliphatic heterocycles. The predicted molar refractivity (Wildman–Crippen MR) is 80.7 cm³/mol. The van der Waals surface area contributed by atoms with E-state index in [1.165, 1.54) is 12.1 Å². The van der Waals surface area contributed by atoms with Crippen LogP contribution < -0.4 is 5.32 Å². The molecule has 0 fully saturated rings. The number of aromatic nitrogens is 2. The van der Waals surface area contributed by atoms with E-state index in [1.807, 2.05) is 24.6 Å². The van der Waals surface area contributed by atoms with Crippen molar-refractivity contribution in [1.82, 2.24) is 9.78 Å². The fraction of sp³-hybridized carbons (Fsp3) is 0.333. The number of nitriles is 1.